The van der Waals surface area contributed by atoms with Crippen molar-refractivity contribution in [3.63, 3.8) is 0 Å². The van der Waals surface area contributed by atoms with Crippen LogP contribution >= 0.6 is 11.6 Å². The Bertz CT molecular complexity index is 407. The van der Waals surface area contributed by atoms with Gasteiger partial charge in [0.05, 0.1) is 5.56 Å². The van der Waals surface area contributed by atoms with Crippen LogP contribution in [0.25, 0.3) is 0 Å². The Morgan fingerprint density at radius 3 is 3.00 bits per heavy atom. The quantitative estimate of drug-likeness (QED) is 0.854. The van der Waals surface area contributed by atoms with Gasteiger partial charge < -0.3 is 5.32 Å². The van der Waals surface area contributed by atoms with Crippen molar-refractivity contribution in [1.82, 2.24) is 4.98 Å². The summed E-state index contributed by atoms with van der Waals surface area (Å²) in [5.41, 5.74) is 0.470. The molecule has 2 rings (SSSR count). The van der Waals surface area contributed by atoms with Gasteiger partial charge in [0.1, 0.15) is 16.9 Å². The highest BCUT2D eigenvalue weighted by molar-refractivity contribution is 6.34. The predicted octanol–water partition coefficient (Wildman–Crippen LogP) is 2.82. The summed E-state index contributed by atoms with van der Waals surface area (Å²) in [4.78, 5) is 4.14. The van der Waals surface area contributed by atoms with Gasteiger partial charge in [0, 0.05) is 12.2 Å². The standard InChI is InChI=1S/C11H12ClN3/c1-7(8-2-3-8)15-11-10(12)9(6-13)4-5-14-11/h4-5,7-8H,2-3H2,1H3,(H,14,15). The van der Waals surface area contributed by atoms with Gasteiger partial charge in [-0.3, -0.25) is 0 Å². The maximum absolute atomic E-state index is 8.81. The molecule has 1 fully saturated rings. The molecule has 0 bridgehead atoms. The molecule has 3 nitrogen and oxygen atoms in total. The minimum atomic E-state index is 0.379. The van der Waals surface area contributed by atoms with E-state index in [1.165, 1.54) is 12.8 Å². The highest BCUT2D eigenvalue weighted by Gasteiger charge is 2.28. The van der Waals surface area contributed by atoms with Crippen molar-refractivity contribution in [2.75, 3.05) is 5.32 Å². The Morgan fingerprint density at radius 1 is 1.67 bits per heavy atom. The number of hydrogen-bond donors (Lipinski definition) is 1. The number of rotatable bonds is 3. The number of nitrogens with one attached hydrogen (secondary N) is 1. The van der Waals surface area contributed by atoms with E-state index >= 15 is 0 Å². The molecule has 4 heteroatoms. The van der Waals surface area contributed by atoms with Gasteiger partial charge in [-0.2, -0.15) is 5.26 Å². The first kappa shape index (κ1) is 10.3. The fourth-order valence-electron chi connectivity index (χ4n) is 1.56. The molecule has 0 amide bonds. The van der Waals surface area contributed by atoms with Gasteiger partial charge in [0.2, 0.25) is 0 Å². The van der Waals surface area contributed by atoms with Gasteiger partial charge in [-0.05, 0) is 31.7 Å². The SMILES string of the molecule is CC(Nc1nccc(C#N)c1Cl)C1CC1. The van der Waals surface area contributed by atoms with Gasteiger partial charge in [0.15, 0.2) is 0 Å². The second-order valence-electron chi connectivity index (χ2n) is 3.90. The van der Waals surface area contributed by atoms with Crippen LogP contribution in [-0.4, -0.2) is 11.0 Å². The van der Waals surface area contributed by atoms with Crippen LogP contribution in [0.3, 0.4) is 0 Å². The lowest BCUT2D eigenvalue weighted by molar-refractivity contribution is 0.690. The summed E-state index contributed by atoms with van der Waals surface area (Å²) < 4.78 is 0. The number of pyridine rings is 1. The summed E-state index contributed by atoms with van der Waals surface area (Å²) >= 11 is 6.03. The van der Waals surface area contributed by atoms with E-state index in [0.29, 0.717) is 22.4 Å². The third kappa shape index (κ3) is 2.21. The van der Waals surface area contributed by atoms with Crippen LogP contribution < -0.4 is 5.32 Å². The van der Waals surface area contributed by atoms with E-state index in [2.05, 4.69) is 17.2 Å². The van der Waals surface area contributed by atoms with Crippen LogP contribution in [0, 0.1) is 17.2 Å². The molecule has 1 heterocycles. The molecule has 1 saturated carbocycles. The number of hydrogen-bond acceptors (Lipinski definition) is 3. The second-order valence-corrected chi connectivity index (χ2v) is 4.28. The fourth-order valence-corrected chi connectivity index (χ4v) is 1.77. The maximum atomic E-state index is 8.81. The Hall–Kier alpha value is -1.27. The van der Waals surface area contributed by atoms with Gasteiger partial charge in [0.25, 0.3) is 0 Å². The molecule has 1 aromatic heterocycles. The monoisotopic (exact) mass is 221 g/mol. The van der Waals surface area contributed by atoms with E-state index in [4.69, 9.17) is 16.9 Å². The van der Waals surface area contributed by atoms with Crippen LogP contribution in [0.4, 0.5) is 5.82 Å². The summed E-state index contributed by atoms with van der Waals surface area (Å²) in [7, 11) is 0. The molecule has 0 saturated heterocycles. The Balaban J connectivity index is 2.17. The van der Waals surface area contributed by atoms with Crippen LogP contribution in [0.15, 0.2) is 12.3 Å². The van der Waals surface area contributed by atoms with Crippen molar-refractivity contribution in [3.8, 4) is 6.07 Å². The predicted molar refractivity (Wildman–Crippen MR) is 59.8 cm³/mol. The van der Waals surface area contributed by atoms with Crippen molar-refractivity contribution < 1.29 is 0 Å². The number of aromatic nitrogens is 1. The molecule has 1 aliphatic rings. The summed E-state index contributed by atoms with van der Waals surface area (Å²) in [6.07, 6.45) is 4.14. The van der Waals surface area contributed by atoms with Gasteiger partial charge in [-0.25, -0.2) is 4.98 Å². The van der Waals surface area contributed by atoms with E-state index in [1.54, 1.807) is 12.3 Å². The first-order valence-corrected chi connectivity index (χ1v) is 5.41. The van der Waals surface area contributed by atoms with Crippen LogP contribution in [0.5, 0.6) is 0 Å². The Labute approximate surface area is 94.1 Å². The van der Waals surface area contributed by atoms with Crippen LogP contribution in [0.1, 0.15) is 25.3 Å². The first-order valence-electron chi connectivity index (χ1n) is 5.03. The lowest BCUT2D eigenvalue weighted by atomic mass is 10.2. The van der Waals surface area contributed by atoms with Crippen molar-refractivity contribution in [3.05, 3.63) is 22.8 Å². The highest BCUT2D eigenvalue weighted by atomic mass is 35.5. The van der Waals surface area contributed by atoms with Crippen LogP contribution in [-0.2, 0) is 0 Å². The van der Waals surface area contributed by atoms with Gasteiger partial charge in [-0.15, -0.1) is 0 Å². The second kappa shape index (κ2) is 4.08. The summed E-state index contributed by atoms with van der Waals surface area (Å²) in [6, 6.07) is 4.04. The van der Waals surface area contributed by atoms with E-state index in [0.717, 1.165) is 5.92 Å². The average molecular weight is 222 g/mol. The molecular weight excluding hydrogens is 210 g/mol. The smallest absolute Gasteiger partial charge is 0.146 e. The molecule has 0 spiro atoms. The third-order valence-corrected chi connectivity index (χ3v) is 3.09. The first-order chi connectivity index (χ1) is 7.22. The minimum absolute atomic E-state index is 0.379. The average Bonchev–Trinajstić information content (AvgIpc) is 3.04. The molecule has 0 aliphatic heterocycles. The summed E-state index contributed by atoms with van der Waals surface area (Å²) in [5.74, 6) is 1.35. The number of nitriles is 1. The van der Waals surface area contributed by atoms with Crippen molar-refractivity contribution in [1.29, 1.82) is 5.26 Å². The number of nitrogens with zero attached hydrogens (tertiary/aromatic N) is 2. The van der Waals surface area contributed by atoms with E-state index < -0.39 is 0 Å². The molecule has 1 aromatic rings. The van der Waals surface area contributed by atoms with Gasteiger partial charge >= 0.3 is 0 Å². The van der Waals surface area contributed by atoms with Crippen LogP contribution in [0.2, 0.25) is 5.02 Å². The lowest BCUT2D eigenvalue weighted by Gasteiger charge is -2.14. The van der Waals surface area contributed by atoms with E-state index in [-0.39, 0.29) is 0 Å². The maximum Gasteiger partial charge on any atom is 0.146 e. The molecule has 1 atom stereocenters. The molecule has 1 N–H and O–H groups in total. The van der Waals surface area contributed by atoms with E-state index in [1.807, 2.05) is 6.07 Å². The molecule has 1 unspecified atom stereocenters. The molecule has 78 valence electrons. The van der Waals surface area contributed by atoms with Crippen molar-refractivity contribution in [2.24, 2.45) is 5.92 Å². The van der Waals surface area contributed by atoms with Crippen molar-refractivity contribution >= 4 is 17.4 Å². The zero-order chi connectivity index (χ0) is 10.8. The topological polar surface area (TPSA) is 48.7 Å². The Morgan fingerprint density at radius 2 is 2.40 bits per heavy atom. The summed E-state index contributed by atoms with van der Waals surface area (Å²) in [5, 5.41) is 12.5. The zero-order valence-electron chi connectivity index (χ0n) is 8.50. The molecule has 1 aliphatic carbocycles. The van der Waals surface area contributed by atoms with Gasteiger partial charge in [-0.1, -0.05) is 11.6 Å². The van der Waals surface area contributed by atoms with E-state index in [9.17, 15) is 0 Å². The third-order valence-electron chi connectivity index (χ3n) is 2.70. The normalized spacial score (nSPS) is 16.9. The largest absolute Gasteiger partial charge is 0.366 e. The molecule has 0 radical (unpaired) electrons. The Kier molecular flexibility index (Phi) is 2.79. The number of anilines is 1. The fraction of sp³-hybridized carbons (Fsp3) is 0.455. The lowest BCUT2D eigenvalue weighted by Crippen LogP contribution is -2.18. The molecular formula is C11H12ClN3. The highest BCUT2D eigenvalue weighted by Crippen LogP contribution is 2.34. The molecule has 15 heavy (non-hydrogen) atoms. The number of halogens is 1. The minimum Gasteiger partial charge on any atom is -0.366 e. The molecule has 0 aromatic carbocycles. The summed E-state index contributed by atoms with van der Waals surface area (Å²) in [6.45, 7) is 2.12. The zero-order valence-corrected chi connectivity index (χ0v) is 9.25. The van der Waals surface area contributed by atoms with Crippen molar-refractivity contribution in [2.45, 2.75) is 25.8 Å².